The van der Waals surface area contributed by atoms with Crippen molar-refractivity contribution in [3.8, 4) is 5.69 Å². The normalized spacial score (nSPS) is 10.8. The number of aromatic nitrogens is 2. The number of nitrogens with zero attached hydrogens (tertiary/aromatic N) is 2. The van der Waals surface area contributed by atoms with Gasteiger partial charge in [0.1, 0.15) is 5.82 Å². The van der Waals surface area contributed by atoms with E-state index in [0.29, 0.717) is 0 Å². The van der Waals surface area contributed by atoms with Gasteiger partial charge in [-0.15, -0.1) is 0 Å². The first kappa shape index (κ1) is 11.8. The number of rotatable bonds is 3. The van der Waals surface area contributed by atoms with Gasteiger partial charge in [0.25, 0.3) is 0 Å². The fourth-order valence-corrected chi connectivity index (χ4v) is 2.06. The number of hydrogen-bond acceptors (Lipinski definition) is 1. The highest BCUT2D eigenvalue weighted by atomic mass is 19.1. The van der Waals surface area contributed by atoms with Crippen molar-refractivity contribution in [2.24, 2.45) is 0 Å². The summed E-state index contributed by atoms with van der Waals surface area (Å²) in [7, 11) is 0. The van der Waals surface area contributed by atoms with E-state index in [1.165, 1.54) is 17.3 Å². The lowest BCUT2D eigenvalue weighted by Gasteiger charge is -2.10. The molecule has 0 amide bonds. The molecule has 0 N–H and O–H groups in total. The van der Waals surface area contributed by atoms with Crippen LogP contribution in [0.15, 0.2) is 24.4 Å². The molecule has 0 fully saturated rings. The highest BCUT2D eigenvalue weighted by Crippen LogP contribution is 2.19. The molecule has 2 aromatic rings. The lowest BCUT2D eigenvalue weighted by molar-refractivity contribution is 0.625. The van der Waals surface area contributed by atoms with Crippen LogP contribution in [0.3, 0.4) is 0 Å². The molecule has 0 spiro atoms. The van der Waals surface area contributed by atoms with Crippen LogP contribution < -0.4 is 0 Å². The molecule has 3 heteroatoms. The Morgan fingerprint density at radius 3 is 2.65 bits per heavy atom. The molecular formula is C14H17FN2. The summed E-state index contributed by atoms with van der Waals surface area (Å²) in [6.07, 6.45) is 3.93. The Balaban J connectivity index is 2.52. The van der Waals surface area contributed by atoms with Crippen LogP contribution in [0, 0.1) is 19.7 Å². The minimum absolute atomic E-state index is 0.202. The predicted octanol–water partition coefficient (Wildman–Crippen LogP) is 3.58. The summed E-state index contributed by atoms with van der Waals surface area (Å²) in [5.41, 5.74) is 4.27. The van der Waals surface area contributed by atoms with E-state index < -0.39 is 0 Å². The molecule has 0 bridgehead atoms. The van der Waals surface area contributed by atoms with Crippen molar-refractivity contribution < 1.29 is 4.39 Å². The highest BCUT2D eigenvalue weighted by Gasteiger charge is 2.10. The number of benzene rings is 1. The SMILES string of the molecule is CCCc1c(C)cnn1-c1ccc(F)cc1C. The predicted molar refractivity (Wildman–Crippen MR) is 67.0 cm³/mol. The summed E-state index contributed by atoms with van der Waals surface area (Å²) in [6.45, 7) is 6.12. The Hall–Kier alpha value is -1.64. The van der Waals surface area contributed by atoms with E-state index in [1.807, 2.05) is 17.8 Å². The summed E-state index contributed by atoms with van der Waals surface area (Å²) in [5.74, 6) is -0.202. The molecule has 1 aromatic heterocycles. The fraction of sp³-hybridized carbons (Fsp3) is 0.357. The summed E-state index contributed by atoms with van der Waals surface area (Å²) in [6, 6.07) is 4.81. The average molecular weight is 232 g/mol. The van der Waals surface area contributed by atoms with Crippen LogP contribution in [0.4, 0.5) is 4.39 Å². The molecule has 0 radical (unpaired) electrons. The molecule has 1 aromatic carbocycles. The van der Waals surface area contributed by atoms with Crippen molar-refractivity contribution >= 4 is 0 Å². The summed E-state index contributed by atoms with van der Waals surface area (Å²) in [5, 5.41) is 4.39. The van der Waals surface area contributed by atoms with Gasteiger partial charge < -0.3 is 0 Å². The molecule has 0 saturated carbocycles. The highest BCUT2D eigenvalue weighted by molar-refractivity contribution is 5.42. The third-order valence-corrected chi connectivity index (χ3v) is 2.95. The third kappa shape index (κ3) is 2.23. The smallest absolute Gasteiger partial charge is 0.123 e. The van der Waals surface area contributed by atoms with Crippen molar-refractivity contribution in [3.05, 3.63) is 47.0 Å². The molecule has 0 unspecified atom stereocenters. The maximum absolute atomic E-state index is 13.1. The van der Waals surface area contributed by atoms with E-state index in [9.17, 15) is 4.39 Å². The molecule has 0 aliphatic rings. The molecular weight excluding hydrogens is 215 g/mol. The first-order chi connectivity index (χ1) is 8.13. The second-order valence-corrected chi connectivity index (χ2v) is 4.37. The Kier molecular flexibility index (Phi) is 3.27. The molecule has 0 atom stereocenters. The first-order valence-electron chi connectivity index (χ1n) is 5.93. The monoisotopic (exact) mass is 232 g/mol. The molecule has 90 valence electrons. The molecule has 2 nitrogen and oxygen atoms in total. The van der Waals surface area contributed by atoms with Gasteiger partial charge in [-0.05, 0) is 49.6 Å². The fourth-order valence-electron chi connectivity index (χ4n) is 2.06. The lowest BCUT2D eigenvalue weighted by Crippen LogP contribution is -2.05. The number of halogens is 1. The van der Waals surface area contributed by atoms with Gasteiger partial charge in [-0.1, -0.05) is 13.3 Å². The molecule has 0 saturated heterocycles. The average Bonchev–Trinajstić information content (AvgIpc) is 2.62. The van der Waals surface area contributed by atoms with Crippen molar-refractivity contribution in [2.75, 3.05) is 0 Å². The second-order valence-electron chi connectivity index (χ2n) is 4.37. The van der Waals surface area contributed by atoms with Gasteiger partial charge in [0.2, 0.25) is 0 Å². The van der Waals surface area contributed by atoms with Gasteiger partial charge in [0.15, 0.2) is 0 Å². The van der Waals surface area contributed by atoms with Crippen molar-refractivity contribution in [1.29, 1.82) is 0 Å². The van der Waals surface area contributed by atoms with E-state index in [0.717, 1.165) is 24.1 Å². The van der Waals surface area contributed by atoms with Crippen molar-refractivity contribution in [1.82, 2.24) is 9.78 Å². The van der Waals surface area contributed by atoms with E-state index in [4.69, 9.17) is 0 Å². The van der Waals surface area contributed by atoms with Gasteiger partial charge in [0.05, 0.1) is 11.9 Å². The minimum Gasteiger partial charge on any atom is -0.237 e. The maximum Gasteiger partial charge on any atom is 0.123 e. The van der Waals surface area contributed by atoms with E-state index in [-0.39, 0.29) is 5.82 Å². The number of aryl methyl sites for hydroxylation is 2. The van der Waals surface area contributed by atoms with Crippen molar-refractivity contribution in [3.63, 3.8) is 0 Å². The molecule has 0 aliphatic heterocycles. The summed E-state index contributed by atoms with van der Waals surface area (Å²) in [4.78, 5) is 0. The standard InChI is InChI=1S/C14H17FN2/c1-4-5-13-11(3)9-16-17(13)14-7-6-12(15)8-10(14)2/h6-9H,4-5H2,1-3H3. The molecule has 0 aliphatic carbocycles. The topological polar surface area (TPSA) is 17.8 Å². The van der Waals surface area contributed by atoms with Crippen LogP contribution >= 0.6 is 0 Å². The number of hydrogen-bond donors (Lipinski definition) is 0. The lowest BCUT2D eigenvalue weighted by atomic mass is 10.1. The van der Waals surface area contributed by atoms with Crippen LogP contribution in [-0.4, -0.2) is 9.78 Å². The van der Waals surface area contributed by atoms with E-state index in [1.54, 1.807) is 12.1 Å². The summed E-state index contributed by atoms with van der Waals surface area (Å²) < 4.78 is 15.0. The Morgan fingerprint density at radius 2 is 2.00 bits per heavy atom. The van der Waals surface area contributed by atoms with Crippen LogP contribution in [0.5, 0.6) is 0 Å². The summed E-state index contributed by atoms with van der Waals surface area (Å²) >= 11 is 0. The minimum atomic E-state index is -0.202. The Morgan fingerprint density at radius 1 is 1.24 bits per heavy atom. The van der Waals surface area contributed by atoms with Gasteiger partial charge in [0, 0.05) is 5.69 Å². The quantitative estimate of drug-likeness (QED) is 0.791. The largest absolute Gasteiger partial charge is 0.237 e. The first-order valence-corrected chi connectivity index (χ1v) is 5.93. The van der Waals surface area contributed by atoms with Gasteiger partial charge in [-0.3, -0.25) is 0 Å². The second kappa shape index (κ2) is 4.70. The van der Waals surface area contributed by atoms with Crippen LogP contribution in [0.1, 0.15) is 30.2 Å². The van der Waals surface area contributed by atoms with Crippen LogP contribution in [-0.2, 0) is 6.42 Å². The van der Waals surface area contributed by atoms with E-state index >= 15 is 0 Å². The zero-order valence-corrected chi connectivity index (χ0v) is 10.5. The van der Waals surface area contributed by atoms with Crippen LogP contribution in [0.25, 0.3) is 5.69 Å². The Bertz CT molecular complexity index is 529. The molecule has 17 heavy (non-hydrogen) atoms. The maximum atomic E-state index is 13.1. The van der Waals surface area contributed by atoms with Gasteiger partial charge >= 0.3 is 0 Å². The Labute approximate surface area is 101 Å². The van der Waals surface area contributed by atoms with E-state index in [2.05, 4.69) is 18.9 Å². The third-order valence-electron chi connectivity index (χ3n) is 2.95. The van der Waals surface area contributed by atoms with Crippen LogP contribution in [0.2, 0.25) is 0 Å². The molecule has 2 rings (SSSR count). The van der Waals surface area contributed by atoms with Crippen molar-refractivity contribution in [2.45, 2.75) is 33.6 Å². The van der Waals surface area contributed by atoms with Gasteiger partial charge in [-0.2, -0.15) is 5.10 Å². The zero-order chi connectivity index (χ0) is 12.4. The molecule has 1 heterocycles. The zero-order valence-electron chi connectivity index (χ0n) is 10.5. The van der Waals surface area contributed by atoms with Gasteiger partial charge in [-0.25, -0.2) is 9.07 Å².